The van der Waals surface area contributed by atoms with Crippen LogP contribution in [0.5, 0.6) is 0 Å². The Bertz CT molecular complexity index is 191. The highest BCUT2D eigenvalue weighted by molar-refractivity contribution is 5.20. The van der Waals surface area contributed by atoms with E-state index in [0.29, 0.717) is 0 Å². The van der Waals surface area contributed by atoms with Crippen LogP contribution in [0.1, 0.15) is 39.5 Å². The predicted octanol–water partition coefficient (Wildman–Crippen LogP) is 3.34. The fraction of sp³-hybridized carbons (Fsp3) is 0.667. The molecule has 1 heteroatoms. The SMILES string of the molecule is CCCCN(CC)C1=CCCC=C1. The second-order valence-corrected chi connectivity index (χ2v) is 3.54. The summed E-state index contributed by atoms with van der Waals surface area (Å²) in [6, 6.07) is 0. The van der Waals surface area contributed by atoms with Gasteiger partial charge < -0.3 is 4.90 Å². The van der Waals surface area contributed by atoms with Crippen molar-refractivity contribution in [1.82, 2.24) is 4.90 Å². The van der Waals surface area contributed by atoms with E-state index < -0.39 is 0 Å². The minimum absolute atomic E-state index is 1.14. The van der Waals surface area contributed by atoms with Crippen LogP contribution in [-0.2, 0) is 0 Å². The van der Waals surface area contributed by atoms with Crippen LogP contribution in [-0.4, -0.2) is 18.0 Å². The number of hydrogen-bond acceptors (Lipinski definition) is 1. The van der Waals surface area contributed by atoms with Crippen LogP contribution in [0.2, 0.25) is 0 Å². The zero-order chi connectivity index (χ0) is 9.52. The largest absolute Gasteiger partial charge is 0.372 e. The van der Waals surface area contributed by atoms with E-state index in [1.54, 1.807) is 0 Å². The highest BCUT2D eigenvalue weighted by Gasteiger charge is 2.05. The van der Waals surface area contributed by atoms with E-state index in [2.05, 4.69) is 37.0 Å². The molecule has 0 unspecified atom stereocenters. The third-order valence-corrected chi connectivity index (χ3v) is 2.50. The molecule has 0 N–H and O–H groups in total. The smallest absolute Gasteiger partial charge is 0.0322 e. The lowest BCUT2D eigenvalue weighted by molar-refractivity contribution is 0.362. The zero-order valence-electron chi connectivity index (χ0n) is 8.92. The quantitative estimate of drug-likeness (QED) is 0.625. The average Bonchev–Trinajstić information content (AvgIpc) is 2.21. The van der Waals surface area contributed by atoms with Crippen molar-refractivity contribution in [3.8, 4) is 0 Å². The van der Waals surface area contributed by atoms with Crippen molar-refractivity contribution in [3.05, 3.63) is 23.9 Å². The molecule has 1 aliphatic rings. The molecule has 1 nitrogen and oxygen atoms in total. The van der Waals surface area contributed by atoms with Crippen molar-refractivity contribution in [2.75, 3.05) is 13.1 Å². The lowest BCUT2D eigenvalue weighted by Crippen LogP contribution is -2.23. The zero-order valence-corrected chi connectivity index (χ0v) is 8.92. The lowest BCUT2D eigenvalue weighted by Gasteiger charge is -2.25. The first-order valence-electron chi connectivity index (χ1n) is 5.50. The summed E-state index contributed by atoms with van der Waals surface area (Å²) in [6.07, 6.45) is 11.9. The van der Waals surface area contributed by atoms with E-state index in [1.807, 2.05) is 0 Å². The van der Waals surface area contributed by atoms with Gasteiger partial charge in [0.2, 0.25) is 0 Å². The number of likely N-dealkylation sites (N-methyl/N-ethyl adjacent to an activating group) is 1. The van der Waals surface area contributed by atoms with Gasteiger partial charge in [0.05, 0.1) is 0 Å². The van der Waals surface area contributed by atoms with Crippen molar-refractivity contribution in [3.63, 3.8) is 0 Å². The Morgan fingerprint density at radius 1 is 1.31 bits per heavy atom. The summed E-state index contributed by atoms with van der Waals surface area (Å²) < 4.78 is 0. The minimum atomic E-state index is 1.14. The maximum Gasteiger partial charge on any atom is 0.0322 e. The van der Waals surface area contributed by atoms with Crippen molar-refractivity contribution in [2.45, 2.75) is 39.5 Å². The first-order valence-corrected chi connectivity index (χ1v) is 5.50. The number of nitrogens with zero attached hydrogens (tertiary/aromatic N) is 1. The predicted molar refractivity (Wildman–Crippen MR) is 58.6 cm³/mol. The summed E-state index contributed by atoms with van der Waals surface area (Å²) in [6.45, 7) is 6.83. The molecule has 1 rings (SSSR count). The van der Waals surface area contributed by atoms with E-state index >= 15 is 0 Å². The monoisotopic (exact) mass is 179 g/mol. The summed E-state index contributed by atoms with van der Waals surface area (Å²) in [7, 11) is 0. The highest BCUT2D eigenvalue weighted by atomic mass is 15.1. The molecule has 0 atom stereocenters. The van der Waals surface area contributed by atoms with Gasteiger partial charge in [0.15, 0.2) is 0 Å². The van der Waals surface area contributed by atoms with Crippen molar-refractivity contribution in [2.24, 2.45) is 0 Å². The van der Waals surface area contributed by atoms with E-state index in [-0.39, 0.29) is 0 Å². The Morgan fingerprint density at radius 3 is 2.69 bits per heavy atom. The highest BCUT2D eigenvalue weighted by Crippen LogP contribution is 2.14. The van der Waals surface area contributed by atoms with Crippen LogP contribution in [0.4, 0.5) is 0 Å². The van der Waals surface area contributed by atoms with Gasteiger partial charge in [-0.2, -0.15) is 0 Å². The van der Waals surface area contributed by atoms with Crippen LogP contribution in [0, 0.1) is 0 Å². The maximum absolute atomic E-state index is 2.47. The van der Waals surface area contributed by atoms with Crippen LogP contribution in [0.3, 0.4) is 0 Å². The van der Waals surface area contributed by atoms with Gasteiger partial charge in [-0.3, -0.25) is 0 Å². The molecule has 13 heavy (non-hydrogen) atoms. The Hall–Kier alpha value is -0.720. The molecule has 0 saturated carbocycles. The van der Waals surface area contributed by atoms with Crippen molar-refractivity contribution in [1.29, 1.82) is 0 Å². The molecule has 1 aliphatic carbocycles. The lowest BCUT2D eigenvalue weighted by atomic mass is 10.1. The number of allylic oxidation sites excluding steroid dienone is 3. The molecule has 0 aromatic heterocycles. The van der Waals surface area contributed by atoms with E-state index in [9.17, 15) is 0 Å². The molecular weight excluding hydrogens is 158 g/mol. The van der Waals surface area contributed by atoms with Crippen molar-refractivity contribution < 1.29 is 0 Å². The second kappa shape index (κ2) is 5.85. The first kappa shape index (κ1) is 10.4. The molecule has 0 fully saturated rings. The maximum atomic E-state index is 2.47. The van der Waals surface area contributed by atoms with Gasteiger partial charge in [0.25, 0.3) is 0 Å². The standard InChI is InChI=1S/C12H21N/c1-3-5-11-13(4-2)12-9-7-6-8-10-12/h7,9-10H,3-6,8,11H2,1-2H3. The number of hydrogen-bond donors (Lipinski definition) is 0. The molecular formula is C12H21N. The van der Waals surface area contributed by atoms with E-state index in [0.717, 1.165) is 6.54 Å². The molecule has 0 aliphatic heterocycles. The fourth-order valence-electron chi connectivity index (χ4n) is 1.65. The summed E-state index contributed by atoms with van der Waals surface area (Å²) in [5, 5.41) is 0. The molecule has 74 valence electrons. The Balaban J connectivity index is 2.44. The molecule has 0 amide bonds. The van der Waals surface area contributed by atoms with Gasteiger partial charge in [-0.25, -0.2) is 0 Å². The Labute approximate surface area is 82.1 Å². The van der Waals surface area contributed by atoms with Gasteiger partial charge in [0.1, 0.15) is 0 Å². The summed E-state index contributed by atoms with van der Waals surface area (Å²) >= 11 is 0. The molecule has 0 saturated heterocycles. The second-order valence-electron chi connectivity index (χ2n) is 3.54. The van der Waals surface area contributed by atoms with Crippen LogP contribution < -0.4 is 0 Å². The van der Waals surface area contributed by atoms with Gasteiger partial charge in [-0.05, 0) is 32.3 Å². The molecule has 0 aromatic rings. The van der Waals surface area contributed by atoms with Crippen LogP contribution >= 0.6 is 0 Å². The first-order chi connectivity index (χ1) is 6.38. The van der Waals surface area contributed by atoms with Crippen molar-refractivity contribution >= 4 is 0 Å². The topological polar surface area (TPSA) is 3.24 Å². The Morgan fingerprint density at radius 2 is 2.15 bits per heavy atom. The van der Waals surface area contributed by atoms with Crippen LogP contribution in [0.25, 0.3) is 0 Å². The van der Waals surface area contributed by atoms with Gasteiger partial charge in [-0.15, -0.1) is 0 Å². The third kappa shape index (κ3) is 3.25. The molecule has 0 radical (unpaired) electrons. The Kier molecular flexibility index (Phi) is 4.66. The minimum Gasteiger partial charge on any atom is -0.372 e. The average molecular weight is 179 g/mol. The molecule has 0 bridgehead atoms. The van der Waals surface area contributed by atoms with E-state index in [4.69, 9.17) is 0 Å². The van der Waals surface area contributed by atoms with Crippen LogP contribution in [0.15, 0.2) is 23.9 Å². The third-order valence-electron chi connectivity index (χ3n) is 2.50. The molecule has 0 heterocycles. The normalized spacial score (nSPS) is 15.7. The summed E-state index contributed by atoms with van der Waals surface area (Å²) in [4.78, 5) is 2.47. The van der Waals surface area contributed by atoms with Gasteiger partial charge in [-0.1, -0.05) is 25.5 Å². The van der Waals surface area contributed by atoms with Gasteiger partial charge >= 0.3 is 0 Å². The summed E-state index contributed by atoms with van der Waals surface area (Å²) in [5.74, 6) is 0. The van der Waals surface area contributed by atoms with Gasteiger partial charge in [0, 0.05) is 18.8 Å². The number of rotatable bonds is 5. The van der Waals surface area contributed by atoms with E-state index in [1.165, 1.54) is 37.9 Å². The molecule has 0 aromatic carbocycles. The number of unbranched alkanes of at least 4 members (excludes halogenated alkanes) is 1. The molecule has 0 spiro atoms. The summed E-state index contributed by atoms with van der Waals surface area (Å²) in [5.41, 5.74) is 1.43. The fourth-order valence-corrected chi connectivity index (χ4v) is 1.65.